The summed E-state index contributed by atoms with van der Waals surface area (Å²) in [5.74, 6) is 1.80. The maximum absolute atomic E-state index is 13.4. The minimum Gasteiger partial charge on any atom is -0.493 e. The lowest BCUT2D eigenvalue weighted by Gasteiger charge is -2.30. The third-order valence-corrected chi connectivity index (χ3v) is 7.59. The molecule has 1 fully saturated rings. The number of pyridine rings is 1. The van der Waals surface area contributed by atoms with Crippen LogP contribution in [0.4, 0.5) is 10.5 Å². The summed E-state index contributed by atoms with van der Waals surface area (Å²) < 4.78 is 11.4. The van der Waals surface area contributed by atoms with Gasteiger partial charge in [-0.3, -0.25) is 9.78 Å². The van der Waals surface area contributed by atoms with Gasteiger partial charge in [-0.15, -0.1) is 10.2 Å². The number of carbonyl (C=O) groups is 2. The van der Waals surface area contributed by atoms with Crippen LogP contribution in [-0.4, -0.2) is 62.4 Å². The maximum Gasteiger partial charge on any atom is 0.410 e. The lowest BCUT2D eigenvalue weighted by molar-refractivity contribution is 0.0285. The molecule has 4 aromatic rings. The molecule has 2 amide bonds. The molecule has 11 nitrogen and oxygen atoms in total. The number of anilines is 1. The van der Waals surface area contributed by atoms with E-state index in [1.54, 1.807) is 23.4 Å². The number of aromatic nitrogens is 4. The molecule has 1 saturated heterocycles. The van der Waals surface area contributed by atoms with Crippen LogP contribution < -0.4 is 15.4 Å². The van der Waals surface area contributed by atoms with Crippen molar-refractivity contribution in [1.82, 2.24) is 30.4 Å². The van der Waals surface area contributed by atoms with Gasteiger partial charge in [0.1, 0.15) is 16.9 Å². The molecule has 2 aliphatic heterocycles. The predicted octanol–water partition coefficient (Wildman–Crippen LogP) is 5.07. The molecule has 0 aliphatic carbocycles. The van der Waals surface area contributed by atoms with Crippen LogP contribution >= 0.6 is 0 Å². The monoisotopic (exact) mass is 581 g/mol. The second-order valence-corrected chi connectivity index (χ2v) is 11.9. The molecule has 11 heteroatoms. The average molecular weight is 582 g/mol. The van der Waals surface area contributed by atoms with Crippen LogP contribution in [0.1, 0.15) is 61.4 Å². The predicted molar refractivity (Wildman–Crippen MR) is 161 cm³/mol. The summed E-state index contributed by atoms with van der Waals surface area (Å²) in [6.07, 6.45) is 4.24. The van der Waals surface area contributed by atoms with E-state index in [0.717, 1.165) is 16.9 Å². The van der Waals surface area contributed by atoms with Crippen LogP contribution in [0.5, 0.6) is 5.75 Å². The molecule has 0 radical (unpaired) electrons. The van der Waals surface area contributed by atoms with Crippen molar-refractivity contribution in [3.63, 3.8) is 0 Å². The first-order chi connectivity index (χ1) is 20.7. The van der Waals surface area contributed by atoms with Crippen molar-refractivity contribution in [3.05, 3.63) is 90.0 Å². The Labute approximate surface area is 250 Å². The van der Waals surface area contributed by atoms with Gasteiger partial charge in [-0.25, -0.2) is 4.79 Å². The molecule has 2 aromatic heterocycles. The molecule has 6 rings (SSSR count). The Balaban J connectivity index is 1.26. The zero-order valence-corrected chi connectivity index (χ0v) is 24.5. The van der Waals surface area contributed by atoms with E-state index in [-0.39, 0.29) is 11.9 Å². The number of likely N-dealkylation sites (tertiary alicyclic amines) is 1. The van der Waals surface area contributed by atoms with Gasteiger partial charge in [0.2, 0.25) is 0 Å². The highest BCUT2D eigenvalue weighted by Crippen LogP contribution is 2.36. The Morgan fingerprint density at radius 3 is 2.70 bits per heavy atom. The number of para-hydroxylation sites is 1. The lowest BCUT2D eigenvalue weighted by Crippen LogP contribution is -2.42. The fraction of sp³-hybridized carbons (Fsp3) is 0.344. The van der Waals surface area contributed by atoms with Crippen molar-refractivity contribution >= 4 is 17.7 Å². The van der Waals surface area contributed by atoms with E-state index >= 15 is 0 Å². The molecule has 0 bridgehead atoms. The van der Waals surface area contributed by atoms with E-state index in [1.807, 2.05) is 75.4 Å². The first-order valence-corrected chi connectivity index (χ1v) is 14.4. The van der Waals surface area contributed by atoms with Crippen LogP contribution in [0, 0.1) is 0 Å². The molecule has 2 aliphatic rings. The van der Waals surface area contributed by atoms with E-state index in [1.165, 1.54) is 0 Å². The van der Waals surface area contributed by atoms with Gasteiger partial charge >= 0.3 is 6.09 Å². The number of hydrogen-bond acceptors (Lipinski definition) is 8. The van der Waals surface area contributed by atoms with Gasteiger partial charge in [-0.1, -0.05) is 24.3 Å². The van der Waals surface area contributed by atoms with Crippen molar-refractivity contribution in [1.29, 1.82) is 0 Å². The van der Waals surface area contributed by atoms with Crippen LogP contribution in [-0.2, 0) is 10.3 Å². The van der Waals surface area contributed by atoms with Gasteiger partial charge < -0.3 is 30.0 Å². The number of nitrogens with zero attached hydrogens (tertiary/aromatic N) is 4. The number of rotatable bonds is 6. The molecule has 2 atom stereocenters. The van der Waals surface area contributed by atoms with Gasteiger partial charge in [-0.2, -0.15) is 0 Å². The Bertz CT molecular complexity index is 1620. The third kappa shape index (κ3) is 6.15. The SMILES string of the molecule is CC(C)(C)OC(=O)N1CC[C@@](Nc2cccc(C(=O)N[C@@H]3CCOc4ccccc43)c2)(c2nnc(-c3ccncc3)[nH]2)C1. The number of ether oxygens (including phenoxy) is 2. The Morgan fingerprint density at radius 1 is 1.07 bits per heavy atom. The smallest absolute Gasteiger partial charge is 0.410 e. The largest absolute Gasteiger partial charge is 0.493 e. The highest BCUT2D eigenvalue weighted by molar-refractivity contribution is 5.95. The highest BCUT2D eigenvalue weighted by Gasteiger charge is 2.45. The second-order valence-electron chi connectivity index (χ2n) is 11.9. The van der Waals surface area contributed by atoms with Gasteiger partial charge in [0.05, 0.1) is 19.2 Å². The van der Waals surface area contributed by atoms with Gasteiger partial charge in [-0.05, 0) is 63.6 Å². The van der Waals surface area contributed by atoms with E-state index in [0.29, 0.717) is 55.4 Å². The van der Waals surface area contributed by atoms with E-state index in [2.05, 4.69) is 30.8 Å². The summed E-state index contributed by atoms with van der Waals surface area (Å²) in [6.45, 7) is 6.83. The number of fused-ring (bicyclic) bond motifs is 1. The first-order valence-electron chi connectivity index (χ1n) is 14.4. The van der Waals surface area contributed by atoms with Crippen LogP contribution in [0.3, 0.4) is 0 Å². The summed E-state index contributed by atoms with van der Waals surface area (Å²) in [4.78, 5) is 35.6. The number of carbonyl (C=O) groups excluding carboxylic acids is 2. The fourth-order valence-electron chi connectivity index (χ4n) is 5.51. The maximum atomic E-state index is 13.4. The zero-order valence-electron chi connectivity index (χ0n) is 24.5. The zero-order chi connectivity index (χ0) is 30.0. The number of H-pyrrole nitrogens is 1. The average Bonchev–Trinajstić information content (AvgIpc) is 3.66. The summed E-state index contributed by atoms with van der Waals surface area (Å²) >= 11 is 0. The van der Waals surface area contributed by atoms with Crippen molar-refractivity contribution in [2.24, 2.45) is 0 Å². The third-order valence-electron chi connectivity index (χ3n) is 7.59. The molecule has 0 spiro atoms. The highest BCUT2D eigenvalue weighted by atomic mass is 16.6. The summed E-state index contributed by atoms with van der Waals surface area (Å²) in [5, 5.41) is 15.7. The number of hydrogen-bond donors (Lipinski definition) is 3. The van der Waals surface area contributed by atoms with E-state index in [4.69, 9.17) is 9.47 Å². The minimum atomic E-state index is -0.802. The molecule has 4 heterocycles. The van der Waals surface area contributed by atoms with Gasteiger partial charge in [0.15, 0.2) is 11.6 Å². The Hall–Kier alpha value is -4.93. The van der Waals surface area contributed by atoms with E-state index in [9.17, 15) is 9.59 Å². The minimum absolute atomic E-state index is 0.140. The van der Waals surface area contributed by atoms with Crippen LogP contribution in [0.2, 0.25) is 0 Å². The molecular weight excluding hydrogens is 546 g/mol. The molecule has 2 aromatic carbocycles. The van der Waals surface area contributed by atoms with Gasteiger partial charge in [0, 0.05) is 47.7 Å². The standard InChI is InChI=1S/C32H35N7O4/c1-31(2,3)43-30(41)39-17-14-32(20-39,29-35-27(37-38-29)21-11-15-33-16-12-21)36-23-8-6-7-22(19-23)28(40)34-25-13-18-42-26-10-5-4-9-24(25)26/h4-12,15-16,19,25,36H,13-14,17-18,20H2,1-3H3,(H,34,40)(H,35,37,38)/t25-,32+/m1/s1. The number of benzene rings is 2. The Morgan fingerprint density at radius 2 is 1.88 bits per heavy atom. The summed E-state index contributed by atoms with van der Waals surface area (Å²) in [5.41, 5.74) is 1.62. The fourth-order valence-corrected chi connectivity index (χ4v) is 5.51. The number of nitrogens with one attached hydrogen (secondary N) is 3. The molecule has 222 valence electrons. The molecular formula is C32H35N7O4. The second kappa shape index (κ2) is 11.4. The van der Waals surface area contributed by atoms with Crippen molar-refractivity contribution in [3.8, 4) is 17.1 Å². The Kier molecular flexibility index (Phi) is 7.47. The van der Waals surface area contributed by atoms with Crippen molar-refractivity contribution < 1.29 is 19.1 Å². The molecule has 43 heavy (non-hydrogen) atoms. The van der Waals surface area contributed by atoms with Crippen molar-refractivity contribution in [2.75, 3.05) is 25.0 Å². The number of aromatic amines is 1. The topological polar surface area (TPSA) is 134 Å². The normalized spacial score (nSPS) is 19.7. The van der Waals surface area contributed by atoms with E-state index < -0.39 is 17.2 Å². The van der Waals surface area contributed by atoms with Crippen LogP contribution in [0.25, 0.3) is 11.4 Å². The molecule has 0 saturated carbocycles. The van der Waals surface area contributed by atoms with Crippen LogP contribution in [0.15, 0.2) is 73.1 Å². The first kappa shape index (κ1) is 28.2. The van der Waals surface area contributed by atoms with Crippen molar-refractivity contribution in [2.45, 2.75) is 50.8 Å². The summed E-state index contributed by atoms with van der Waals surface area (Å²) in [7, 11) is 0. The lowest BCUT2D eigenvalue weighted by atomic mass is 9.96. The summed E-state index contributed by atoms with van der Waals surface area (Å²) in [6, 6.07) is 18.7. The molecule has 0 unspecified atom stereocenters. The molecule has 3 N–H and O–H groups in total. The number of amides is 2. The van der Waals surface area contributed by atoms with Gasteiger partial charge in [0.25, 0.3) is 5.91 Å². The quantitative estimate of drug-likeness (QED) is 0.287.